The van der Waals surface area contributed by atoms with Crippen molar-refractivity contribution in [1.29, 1.82) is 0 Å². The van der Waals surface area contributed by atoms with E-state index in [4.69, 9.17) is 22.2 Å². The van der Waals surface area contributed by atoms with Crippen LogP contribution in [0.3, 0.4) is 0 Å². The molecule has 0 atom stereocenters. The summed E-state index contributed by atoms with van der Waals surface area (Å²) < 4.78 is 0. The Balaban J connectivity index is 2.45. The lowest BCUT2D eigenvalue weighted by Crippen LogP contribution is -2.27. The van der Waals surface area contributed by atoms with Gasteiger partial charge in [-0.15, -0.1) is 22.2 Å². The van der Waals surface area contributed by atoms with E-state index in [1.807, 2.05) is 0 Å². The van der Waals surface area contributed by atoms with Gasteiger partial charge in [0.15, 0.2) is 0 Å². The van der Waals surface area contributed by atoms with Crippen LogP contribution in [0.5, 0.6) is 0 Å². The van der Waals surface area contributed by atoms with Gasteiger partial charge in [0, 0.05) is 0 Å². The van der Waals surface area contributed by atoms with Gasteiger partial charge in [-0.05, 0) is 17.5 Å². The standard InChI is InChI=1S/C9H18Cl2Si/c1-8(2)7-12(10,11)9-5-3-4-6-9/h8-9H,3-7H2,1-2H3. The maximum atomic E-state index is 6.44. The molecule has 0 bridgehead atoms. The van der Waals surface area contributed by atoms with Crippen LogP contribution in [-0.2, 0) is 0 Å². The molecule has 0 radical (unpaired) electrons. The van der Waals surface area contributed by atoms with Crippen molar-refractivity contribution < 1.29 is 0 Å². The highest BCUT2D eigenvalue weighted by Gasteiger charge is 2.40. The molecule has 0 aromatic heterocycles. The predicted molar refractivity (Wildman–Crippen MR) is 59.3 cm³/mol. The Kier molecular flexibility index (Phi) is 3.93. The third-order valence-electron chi connectivity index (χ3n) is 2.63. The highest BCUT2D eigenvalue weighted by molar-refractivity contribution is 7.46. The lowest BCUT2D eigenvalue weighted by Gasteiger charge is -2.25. The van der Waals surface area contributed by atoms with Crippen LogP contribution in [-0.4, -0.2) is 6.69 Å². The lowest BCUT2D eigenvalue weighted by molar-refractivity contribution is 0.711. The van der Waals surface area contributed by atoms with Crippen LogP contribution in [0.15, 0.2) is 0 Å². The van der Waals surface area contributed by atoms with Crippen LogP contribution >= 0.6 is 22.2 Å². The average Bonchev–Trinajstić information content (AvgIpc) is 2.32. The zero-order chi connectivity index (χ0) is 9.19. The molecule has 1 aliphatic carbocycles. The van der Waals surface area contributed by atoms with Crippen LogP contribution in [0.25, 0.3) is 0 Å². The van der Waals surface area contributed by atoms with Crippen LogP contribution in [0.4, 0.5) is 0 Å². The molecule has 3 heteroatoms. The van der Waals surface area contributed by atoms with Crippen molar-refractivity contribution in [1.82, 2.24) is 0 Å². The zero-order valence-electron chi connectivity index (χ0n) is 7.95. The first-order valence-corrected chi connectivity index (χ1v) is 9.21. The van der Waals surface area contributed by atoms with Crippen molar-refractivity contribution in [2.45, 2.75) is 51.1 Å². The van der Waals surface area contributed by atoms with Gasteiger partial charge in [0.1, 0.15) is 0 Å². The third kappa shape index (κ3) is 2.93. The van der Waals surface area contributed by atoms with Gasteiger partial charge >= 0.3 is 0 Å². The summed E-state index contributed by atoms with van der Waals surface area (Å²) in [7, 11) is 0. The monoisotopic (exact) mass is 224 g/mol. The van der Waals surface area contributed by atoms with E-state index in [9.17, 15) is 0 Å². The van der Waals surface area contributed by atoms with Gasteiger partial charge in [-0.1, -0.05) is 39.5 Å². The van der Waals surface area contributed by atoms with Crippen molar-refractivity contribution in [2.24, 2.45) is 5.92 Å². The summed E-state index contributed by atoms with van der Waals surface area (Å²) in [5, 5.41) is 0. The molecule has 0 aliphatic heterocycles. The minimum absolute atomic E-state index is 0.660. The van der Waals surface area contributed by atoms with E-state index in [2.05, 4.69) is 13.8 Å². The summed E-state index contributed by atoms with van der Waals surface area (Å²) in [5.41, 5.74) is 0.684. The second-order valence-electron chi connectivity index (χ2n) is 4.34. The van der Waals surface area contributed by atoms with E-state index >= 15 is 0 Å². The van der Waals surface area contributed by atoms with Gasteiger partial charge in [-0.2, -0.15) is 0 Å². The second kappa shape index (κ2) is 4.34. The highest BCUT2D eigenvalue weighted by Crippen LogP contribution is 2.46. The average molecular weight is 225 g/mol. The van der Waals surface area contributed by atoms with Crippen molar-refractivity contribution in [3.8, 4) is 0 Å². The fourth-order valence-electron chi connectivity index (χ4n) is 2.06. The molecule has 0 aromatic rings. The van der Waals surface area contributed by atoms with E-state index < -0.39 is 6.69 Å². The summed E-state index contributed by atoms with van der Waals surface area (Å²) in [6.45, 7) is 2.53. The minimum Gasteiger partial charge on any atom is -0.146 e. The maximum Gasteiger partial charge on any atom is 0.254 e. The molecule has 1 saturated carbocycles. The summed E-state index contributed by atoms with van der Waals surface area (Å²) in [4.78, 5) is 0. The first-order valence-electron chi connectivity index (χ1n) is 4.90. The molecule has 0 amide bonds. The molecule has 0 spiro atoms. The molecule has 0 nitrogen and oxygen atoms in total. The third-order valence-corrected chi connectivity index (χ3v) is 8.54. The van der Waals surface area contributed by atoms with Crippen LogP contribution in [0, 0.1) is 5.92 Å². The summed E-state index contributed by atoms with van der Waals surface area (Å²) in [6.07, 6.45) is 5.26. The summed E-state index contributed by atoms with van der Waals surface area (Å²) in [6, 6.07) is 1.07. The normalized spacial score (nSPS) is 20.8. The Hall–Kier alpha value is 0.797. The first kappa shape index (κ1) is 10.9. The number of hydrogen-bond acceptors (Lipinski definition) is 0. The molecule has 1 aliphatic rings. The fraction of sp³-hybridized carbons (Fsp3) is 1.00. The Labute approximate surface area is 86.1 Å². The Morgan fingerprint density at radius 1 is 1.25 bits per heavy atom. The molecule has 1 rings (SSSR count). The van der Waals surface area contributed by atoms with Gasteiger partial charge in [0.25, 0.3) is 6.69 Å². The van der Waals surface area contributed by atoms with Gasteiger partial charge in [-0.3, -0.25) is 0 Å². The minimum atomic E-state index is -1.89. The molecule has 0 aromatic carbocycles. The van der Waals surface area contributed by atoms with Gasteiger partial charge in [-0.25, -0.2) is 0 Å². The molecule has 0 N–H and O–H groups in total. The zero-order valence-corrected chi connectivity index (χ0v) is 10.5. The topological polar surface area (TPSA) is 0 Å². The predicted octanol–water partition coefficient (Wildman–Crippen LogP) is 4.51. The maximum absolute atomic E-state index is 6.44. The molecular weight excluding hydrogens is 207 g/mol. The van der Waals surface area contributed by atoms with Crippen molar-refractivity contribution in [2.75, 3.05) is 0 Å². The quantitative estimate of drug-likeness (QED) is 0.489. The lowest BCUT2D eigenvalue weighted by atomic mass is 10.3. The molecule has 0 saturated heterocycles. The van der Waals surface area contributed by atoms with Gasteiger partial charge in [0.2, 0.25) is 0 Å². The molecule has 72 valence electrons. The van der Waals surface area contributed by atoms with E-state index in [0.717, 1.165) is 6.04 Å². The van der Waals surface area contributed by atoms with Gasteiger partial charge < -0.3 is 0 Å². The highest BCUT2D eigenvalue weighted by atomic mass is 35.7. The van der Waals surface area contributed by atoms with Gasteiger partial charge in [0.05, 0.1) is 0 Å². The number of hydrogen-bond donors (Lipinski definition) is 0. The largest absolute Gasteiger partial charge is 0.254 e. The molecular formula is C9H18Cl2Si. The van der Waals surface area contributed by atoms with Crippen molar-refractivity contribution in [3.05, 3.63) is 0 Å². The Morgan fingerprint density at radius 3 is 2.17 bits per heavy atom. The molecule has 12 heavy (non-hydrogen) atoms. The smallest absolute Gasteiger partial charge is 0.146 e. The van der Waals surface area contributed by atoms with E-state index in [-0.39, 0.29) is 0 Å². The number of halogens is 2. The number of rotatable bonds is 3. The van der Waals surface area contributed by atoms with E-state index in [1.54, 1.807) is 0 Å². The Bertz CT molecular complexity index is 139. The van der Waals surface area contributed by atoms with E-state index in [1.165, 1.54) is 25.7 Å². The summed E-state index contributed by atoms with van der Waals surface area (Å²) in [5.74, 6) is 0.660. The van der Waals surface area contributed by atoms with Crippen molar-refractivity contribution in [3.63, 3.8) is 0 Å². The second-order valence-corrected chi connectivity index (χ2v) is 11.7. The van der Waals surface area contributed by atoms with Crippen LogP contribution in [0.1, 0.15) is 39.5 Å². The first-order chi connectivity index (χ1) is 5.52. The fourth-order valence-corrected chi connectivity index (χ4v) is 7.89. The van der Waals surface area contributed by atoms with E-state index in [0.29, 0.717) is 11.5 Å². The molecule has 0 heterocycles. The van der Waals surface area contributed by atoms with Crippen LogP contribution in [0.2, 0.25) is 11.6 Å². The van der Waals surface area contributed by atoms with Crippen molar-refractivity contribution >= 4 is 28.9 Å². The Morgan fingerprint density at radius 2 is 1.75 bits per heavy atom. The molecule has 1 fully saturated rings. The molecule has 0 unspecified atom stereocenters. The SMILES string of the molecule is CC(C)C[Si](Cl)(Cl)C1CCCC1. The summed E-state index contributed by atoms with van der Waals surface area (Å²) >= 11 is 12.9. The van der Waals surface area contributed by atoms with Crippen LogP contribution < -0.4 is 0 Å².